The molecule has 1 rings (SSSR count). The molecule has 0 unspecified atom stereocenters. The van der Waals surface area contributed by atoms with Crippen LogP contribution < -0.4 is 15.8 Å². The van der Waals surface area contributed by atoms with Crippen molar-refractivity contribution in [3.63, 3.8) is 0 Å². The highest BCUT2D eigenvalue weighted by Gasteiger charge is 2.09. The molecule has 1 amide bonds. The number of hydrogen-bond donors (Lipinski definition) is 2. The van der Waals surface area contributed by atoms with E-state index in [1.165, 1.54) is 13.2 Å². The van der Waals surface area contributed by atoms with E-state index in [4.69, 9.17) is 10.5 Å². The second-order valence-electron chi connectivity index (χ2n) is 3.80. The highest BCUT2D eigenvalue weighted by Crippen LogP contribution is 2.23. The number of nitrogen functional groups attached to an aromatic ring is 1. The monoisotopic (exact) mass is 266 g/mol. The van der Waals surface area contributed by atoms with Crippen LogP contribution in [0.25, 0.3) is 0 Å². The molecule has 1 aromatic rings. The molecular formula is C13H18N2O4. The Bertz CT molecular complexity index is 460. The van der Waals surface area contributed by atoms with Gasteiger partial charge in [0.2, 0.25) is 5.91 Å². The molecule has 6 nitrogen and oxygen atoms in total. The van der Waals surface area contributed by atoms with Crippen molar-refractivity contribution in [3.05, 3.63) is 23.8 Å². The van der Waals surface area contributed by atoms with Gasteiger partial charge in [-0.3, -0.25) is 4.79 Å². The lowest BCUT2D eigenvalue weighted by molar-refractivity contribution is -0.121. The van der Waals surface area contributed by atoms with Crippen LogP contribution in [-0.2, 0) is 9.53 Å². The molecule has 0 bridgehead atoms. The summed E-state index contributed by atoms with van der Waals surface area (Å²) in [5.41, 5.74) is 6.49. The van der Waals surface area contributed by atoms with Crippen LogP contribution in [0, 0.1) is 0 Å². The zero-order valence-electron chi connectivity index (χ0n) is 11.1. The number of amides is 1. The highest BCUT2D eigenvalue weighted by atomic mass is 16.5. The molecule has 1 aromatic carbocycles. The molecule has 0 saturated carbocycles. The molecule has 0 aliphatic carbocycles. The van der Waals surface area contributed by atoms with Crippen molar-refractivity contribution in [3.8, 4) is 5.75 Å². The van der Waals surface area contributed by atoms with Crippen LogP contribution in [0.2, 0.25) is 0 Å². The van der Waals surface area contributed by atoms with Gasteiger partial charge < -0.3 is 20.5 Å². The van der Waals surface area contributed by atoms with Gasteiger partial charge in [0.1, 0.15) is 5.75 Å². The molecular weight excluding hydrogens is 248 g/mol. The molecule has 0 aliphatic heterocycles. The second kappa shape index (κ2) is 7.25. The zero-order valence-corrected chi connectivity index (χ0v) is 11.1. The minimum Gasteiger partial charge on any atom is -0.491 e. The fourth-order valence-electron chi connectivity index (χ4n) is 1.44. The van der Waals surface area contributed by atoms with Crippen LogP contribution in [0.3, 0.4) is 0 Å². The van der Waals surface area contributed by atoms with Crippen LogP contribution in [0.5, 0.6) is 5.75 Å². The maximum atomic E-state index is 11.4. The number of carbonyl (C=O) groups excluding carboxylic acids is 2. The molecule has 0 radical (unpaired) electrons. The molecule has 104 valence electrons. The minimum absolute atomic E-state index is 0.0924. The first-order chi connectivity index (χ1) is 9.08. The third kappa shape index (κ3) is 4.50. The van der Waals surface area contributed by atoms with Gasteiger partial charge in [-0.15, -0.1) is 0 Å². The minimum atomic E-state index is -0.464. The van der Waals surface area contributed by atoms with E-state index in [2.05, 4.69) is 10.1 Å². The Labute approximate surface area is 111 Å². The summed E-state index contributed by atoms with van der Waals surface area (Å²) in [5, 5.41) is 2.66. The van der Waals surface area contributed by atoms with Crippen LogP contribution in [0.1, 0.15) is 23.7 Å². The number of anilines is 1. The number of nitrogens with one attached hydrogen (secondary N) is 1. The Morgan fingerprint density at radius 3 is 2.74 bits per heavy atom. The third-order valence-corrected chi connectivity index (χ3v) is 2.40. The van der Waals surface area contributed by atoms with Crippen LogP contribution >= 0.6 is 0 Å². The van der Waals surface area contributed by atoms with Gasteiger partial charge >= 0.3 is 5.97 Å². The van der Waals surface area contributed by atoms with Crippen molar-refractivity contribution >= 4 is 17.6 Å². The van der Waals surface area contributed by atoms with E-state index < -0.39 is 5.97 Å². The lowest BCUT2D eigenvalue weighted by atomic mass is 10.2. The van der Waals surface area contributed by atoms with Crippen LogP contribution in [0.15, 0.2) is 18.2 Å². The Morgan fingerprint density at radius 2 is 2.11 bits per heavy atom. The maximum Gasteiger partial charge on any atom is 0.337 e. The SMILES string of the molecule is CCNC(=O)CCOc1cc(C(=O)OC)ccc1N. The summed E-state index contributed by atoms with van der Waals surface area (Å²) in [6.07, 6.45) is 0.232. The fourth-order valence-corrected chi connectivity index (χ4v) is 1.44. The van der Waals surface area contributed by atoms with E-state index in [0.717, 1.165) is 0 Å². The first-order valence-corrected chi connectivity index (χ1v) is 5.95. The van der Waals surface area contributed by atoms with Crippen molar-refractivity contribution in [1.29, 1.82) is 0 Å². The van der Waals surface area contributed by atoms with Crippen molar-refractivity contribution in [2.75, 3.05) is 26.0 Å². The van der Waals surface area contributed by atoms with E-state index in [1.54, 1.807) is 12.1 Å². The molecule has 19 heavy (non-hydrogen) atoms. The average Bonchev–Trinajstić information content (AvgIpc) is 2.40. The van der Waals surface area contributed by atoms with Gasteiger partial charge in [-0.1, -0.05) is 0 Å². The summed E-state index contributed by atoms with van der Waals surface area (Å²) in [6, 6.07) is 4.62. The van der Waals surface area contributed by atoms with Crippen molar-refractivity contribution in [2.24, 2.45) is 0 Å². The van der Waals surface area contributed by atoms with E-state index >= 15 is 0 Å². The smallest absolute Gasteiger partial charge is 0.337 e. The summed E-state index contributed by atoms with van der Waals surface area (Å²) in [7, 11) is 1.30. The van der Waals surface area contributed by atoms with Crippen molar-refractivity contribution in [2.45, 2.75) is 13.3 Å². The van der Waals surface area contributed by atoms with E-state index in [0.29, 0.717) is 23.5 Å². The van der Waals surface area contributed by atoms with Gasteiger partial charge in [-0.05, 0) is 25.1 Å². The summed E-state index contributed by atoms with van der Waals surface area (Å²) in [4.78, 5) is 22.6. The van der Waals surface area contributed by atoms with Gasteiger partial charge in [0.15, 0.2) is 0 Å². The third-order valence-electron chi connectivity index (χ3n) is 2.40. The van der Waals surface area contributed by atoms with Crippen LogP contribution in [0.4, 0.5) is 5.69 Å². The van der Waals surface area contributed by atoms with E-state index in [9.17, 15) is 9.59 Å². The molecule has 0 saturated heterocycles. The average molecular weight is 266 g/mol. The largest absolute Gasteiger partial charge is 0.491 e. The number of ether oxygens (including phenoxy) is 2. The summed E-state index contributed by atoms with van der Waals surface area (Å²) in [5.74, 6) is -0.189. The normalized spacial score (nSPS) is 9.79. The maximum absolute atomic E-state index is 11.4. The Hall–Kier alpha value is -2.24. The van der Waals surface area contributed by atoms with Gasteiger partial charge in [0.25, 0.3) is 0 Å². The standard InChI is InChI=1S/C13H18N2O4/c1-3-15-12(16)6-7-19-11-8-9(13(17)18-2)4-5-10(11)14/h4-5,8H,3,6-7,14H2,1-2H3,(H,15,16). The molecule has 6 heteroatoms. The number of esters is 1. The van der Waals surface area contributed by atoms with Gasteiger partial charge in [0.05, 0.1) is 31.4 Å². The topological polar surface area (TPSA) is 90.6 Å². The zero-order chi connectivity index (χ0) is 14.3. The first kappa shape index (κ1) is 14.8. The lowest BCUT2D eigenvalue weighted by Crippen LogP contribution is -2.24. The van der Waals surface area contributed by atoms with E-state index in [-0.39, 0.29) is 18.9 Å². The lowest BCUT2D eigenvalue weighted by Gasteiger charge is -2.10. The molecule has 0 fully saturated rings. The number of nitrogens with two attached hydrogens (primary N) is 1. The first-order valence-electron chi connectivity index (χ1n) is 5.95. The van der Waals surface area contributed by atoms with Gasteiger partial charge in [0, 0.05) is 6.54 Å². The highest BCUT2D eigenvalue weighted by molar-refractivity contribution is 5.90. The van der Waals surface area contributed by atoms with Gasteiger partial charge in [-0.25, -0.2) is 4.79 Å². The Morgan fingerprint density at radius 1 is 1.37 bits per heavy atom. The predicted octanol–water partition coefficient (Wildman–Crippen LogP) is 0.960. The number of methoxy groups -OCH3 is 1. The van der Waals surface area contributed by atoms with Crippen molar-refractivity contribution in [1.82, 2.24) is 5.32 Å². The summed E-state index contributed by atoms with van der Waals surface area (Å²) in [6.45, 7) is 2.62. The number of benzene rings is 1. The number of rotatable bonds is 6. The second-order valence-corrected chi connectivity index (χ2v) is 3.80. The summed E-state index contributed by atoms with van der Waals surface area (Å²) < 4.78 is 10.0. The predicted molar refractivity (Wildman–Crippen MR) is 71.0 cm³/mol. The quantitative estimate of drug-likeness (QED) is 0.591. The number of carbonyl (C=O) groups is 2. The molecule has 0 aliphatic rings. The molecule has 0 spiro atoms. The Kier molecular flexibility index (Phi) is 5.66. The van der Waals surface area contributed by atoms with E-state index in [1.807, 2.05) is 6.92 Å². The molecule has 0 atom stereocenters. The fraction of sp³-hybridized carbons (Fsp3) is 0.385. The molecule has 3 N–H and O–H groups in total. The molecule has 0 heterocycles. The number of hydrogen-bond acceptors (Lipinski definition) is 5. The molecule has 0 aromatic heterocycles. The Balaban J connectivity index is 2.62. The van der Waals surface area contributed by atoms with Gasteiger partial charge in [-0.2, -0.15) is 0 Å². The van der Waals surface area contributed by atoms with Crippen LogP contribution in [-0.4, -0.2) is 32.1 Å². The summed E-state index contributed by atoms with van der Waals surface area (Å²) >= 11 is 0. The van der Waals surface area contributed by atoms with Crippen molar-refractivity contribution < 1.29 is 19.1 Å².